The molecule has 25 heavy (non-hydrogen) atoms. The summed E-state index contributed by atoms with van der Waals surface area (Å²) in [4.78, 5) is 23.6. The van der Waals surface area contributed by atoms with Crippen LogP contribution >= 0.6 is 23.4 Å². The van der Waals surface area contributed by atoms with Gasteiger partial charge < -0.3 is 0 Å². The summed E-state index contributed by atoms with van der Waals surface area (Å²) in [5.74, 6) is -2.25. The zero-order valence-corrected chi connectivity index (χ0v) is 14.3. The topological polar surface area (TPSA) is 58.2 Å². The van der Waals surface area contributed by atoms with E-state index in [1.165, 1.54) is 30.3 Å². The summed E-state index contributed by atoms with van der Waals surface area (Å²) in [5.41, 5.74) is 4.39. The normalized spacial score (nSPS) is 10.7. The molecule has 0 aliphatic rings. The van der Waals surface area contributed by atoms with Gasteiger partial charge in [0, 0.05) is 16.5 Å². The van der Waals surface area contributed by atoms with Gasteiger partial charge in [-0.05, 0) is 30.3 Å². The number of hydrogen-bond acceptors (Lipinski definition) is 3. The molecule has 0 saturated carbocycles. The van der Waals surface area contributed by atoms with Crippen LogP contribution in [0.4, 0.5) is 8.78 Å². The first kappa shape index (κ1) is 19.0. The maximum absolute atomic E-state index is 13.5. The molecule has 0 unspecified atom stereocenters. The SMILES string of the molecule is O=C(/C=C/c1c(F)cccc1Cl)NNC(=O)CSc1ccccc1F. The van der Waals surface area contributed by atoms with Gasteiger partial charge in [-0.1, -0.05) is 29.8 Å². The van der Waals surface area contributed by atoms with Crippen molar-refractivity contribution in [1.29, 1.82) is 0 Å². The lowest BCUT2D eigenvalue weighted by Gasteiger charge is -2.06. The number of carbonyl (C=O) groups excluding carboxylic acids is 2. The molecule has 2 aromatic rings. The standard InChI is InChI=1S/C17H13ClF2N2O2S/c18-12-4-3-6-13(19)11(12)8-9-16(23)21-22-17(24)10-25-15-7-2-1-5-14(15)20/h1-9H,10H2,(H,21,23)(H,22,24)/b9-8+. The number of amides is 2. The van der Waals surface area contributed by atoms with Gasteiger partial charge in [-0.15, -0.1) is 11.8 Å². The second kappa shape index (κ2) is 9.19. The number of hydrogen-bond donors (Lipinski definition) is 2. The van der Waals surface area contributed by atoms with Crippen LogP contribution in [0.25, 0.3) is 6.08 Å². The first-order chi connectivity index (χ1) is 12.0. The molecular weight excluding hydrogens is 370 g/mol. The summed E-state index contributed by atoms with van der Waals surface area (Å²) >= 11 is 6.82. The quantitative estimate of drug-likeness (QED) is 0.472. The summed E-state index contributed by atoms with van der Waals surface area (Å²) in [6.45, 7) is 0. The molecule has 2 aromatic carbocycles. The Morgan fingerprint density at radius 2 is 1.76 bits per heavy atom. The van der Waals surface area contributed by atoms with Gasteiger partial charge in [0.05, 0.1) is 10.8 Å². The summed E-state index contributed by atoms with van der Waals surface area (Å²) in [6.07, 6.45) is 2.24. The Morgan fingerprint density at radius 1 is 1.04 bits per heavy atom. The van der Waals surface area contributed by atoms with E-state index in [2.05, 4.69) is 10.9 Å². The maximum atomic E-state index is 13.5. The zero-order chi connectivity index (χ0) is 18.2. The van der Waals surface area contributed by atoms with Gasteiger partial charge in [0.25, 0.3) is 5.91 Å². The Bertz CT molecular complexity index is 795. The molecule has 0 atom stereocenters. The number of thioether (sulfide) groups is 1. The molecule has 2 rings (SSSR count). The van der Waals surface area contributed by atoms with Crippen molar-refractivity contribution in [1.82, 2.24) is 10.9 Å². The van der Waals surface area contributed by atoms with Crippen LogP contribution in [-0.4, -0.2) is 17.6 Å². The van der Waals surface area contributed by atoms with Crippen LogP contribution in [0.15, 0.2) is 53.4 Å². The Hall–Kier alpha value is -2.38. The summed E-state index contributed by atoms with van der Waals surface area (Å²) < 4.78 is 26.9. The van der Waals surface area contributed by atoms with Crippen LogP contribution < -0.4 is 10.9 Å². The molecule has 2 amide bonds. The van der Waals surface area contributed by atoms with Gasteiger partial charge in [0.1, 0.15) is 11.6 Å². The Labute approximate surface area is 152 Å². The molecule has 0 aromatic heterocycles. The van der Waals surface area contributed by atoms with E-state index in [9.17, 15) is 18.4 Å². The van der Waals surface area contributed by atoms with E-state index in [4.69, 9.17) is 11.6 Å². The second-order valence-corrected chi connectivity index (χ2v) is 6.15. The molecule has 2 N–H and O–H groups in total. The highest BCUT2D eigenvalue weighted by Crippen LogP contribution is 2.21. The maximum Gasteiger partial charge on any atom is 0.262 e. The number of rotatable bonds is 5. The fraction of sp³-hybridized carbons (Fsp3) is 0.0588. The molecular formula is C17H13ClF2N2O2S. The lowest BCUT2D eigenvalue weighted by molar-refractivity contribution is -0.125. The van der Waals surface area contributed by atoms with E-state index in [0.29, 0.717) is 4.90 Å². The van der Waals surface area contributed by atoms with E-state index in [1.807, 2.05) is 0 Å². The van der Waals surface area contributed by atoms with Gasteiger partial charge >= 0.3 is 0 Å². The summed E-state index contributed by atoms with van der Waals surface area (Å²) in [7, 11) is 0. The van der Waals surface area contributed by atoms with Crippen molar-refractivity contribution in [2.45, 2.75) is 4.90 Å². The van der Waals surface area contributed by atoms with Crippen LogP contribution in [0.3, 0.4) is 0 Å². The van der Waals surface area contributed by atoms with Gasteiger partial charge in [-0.3, -0.25) is 20.4 Å². The Balaban J connectivity index is 1.80. The monoisotopic (exact) mass is 382 g/mol. The van der Waals surface area contributed by atoms with Gasteiger partial charge in [-0.2, -0.15) is 0 Å². The zero-order valence-electron chi connectivity index (χ0n) is 12.8. The molecule has 0 spiro atoms. The van der Waals surface area contributed by atoms with Crippen molar-refractivity contribution >= 4 is 41.3 Å². The fourth-order valence-electron chi connectivity index (χ4n) is 1.74. The molecule has 130 valence electrons. The molecule has 0 fully saturated rings. The van der Waals surface area contributed by atoms with Crippen molar-refractivity contribution in [2.75, 3.05) is 5.75 Å². The first-order valence-corrected chi connectivity index (χ1v) is 8.42. The minimum absolute atomic E-state index is 0.0701. The molecule has 0 heterocycles. The number of hydrazine groups is 1. The van der Waals surface area contributed by atoms with Crippen molar-refractivity contribution in [2.24, 2.45) is 0 Å². The fourth-order valence-corrected chi connectivity index (χ4v) is 2.71. The van der Waals surface area contributed by atoms with E-state index < -0.39 is 23.4 Å². The molecule has 4 nitrogen and oxygen atoms in total. The highest BCUT2D eigenvalue weighted by atomic mass is 35.5. The average Bonchev–Trinajstić information content (AvgIpc) is 2.59. The highest BCUT2D eigenvalue weighted by molar-refractivity contribution is 8.00. The largest absolute Gasteiger partial charge is 0.272 e. The van der Waals surface area contributed by atoms with E-state index in [-0.39, 0.29) is 16.3 Å². The summed E-state index contributed by atoms with van der Waals surface area (Å²) in [5, 5.41) is 0.161. The van der Waals surface area contributed by atoms with Crippen molar-refractivity contribution < 1.29 is 18.4 Å². The van der Waals surface area contributed by atoms with Gasteiger partial charge in [0.2, 0.25) is 5.91 Å². The molecule has 8 heteroatoms. The molecule has 0 bridgehead atoms. The predicted molar refractivity (Wildman–Crippen MR) is 93.9 cm³/mol. The minimum Gasteiger partial charge on any atom is -0.272 e. The smallest absolute Gasteiger partial charge is 0.262 e. The van der Waals surface area contributed by atoms with E-state index in [1.54, 1.807) is 18.2 Å². The average molecular weight is 383 g/mol. The third-order valence-corrected chi connectivity index (χ3v) is 4.30. The molecule has 0 aliphatic carbocycles. The van der Waals surface area contributed by atoms with Crippen LogP contribution in [0, 0.1) is 11.6 Å². The summed E-state index contributed by atoms with van der Waals surface area (Å²) in [6, 6.07) is 10.2. The Morgan fingerprint density at radius 3 is 2.48 bits per heavy atom. The van der Waals surface area contributed by atoms with Gasteiger partial charge in [0.15, 0.2) is 0 Å². The molecule has 0 radical (unpaired) electrons. The Kier molecular flexibility index (Phi) is 6.97. The highest BCUT2D eigenvalue weighted by Gasteiger charge is 2.07. The molecule has 0 aliphatic heterocycles. The number of nitrogens with one attached hydrogen (secondary N) is 2. The second-order valence-electron chi connectivity index (χ2n) is 4.73. The van der Waals surface area contributed by atoms with E-state index >= 15 is 0 Å². The van der Waals surface area contributed by atoms with Crippen molar-refractivity contribution in [3.05, 3.63) is 70.8 Å². The van der Waals surface area contributed by atoms with E-state index in [0.717, 1.165) is 17.8 Å². The first-order valence-electron chi connectivity index (χ1n) is 7.05. The van der Waals surface area contributed by atoms with Gasteiger partial charge in [-0.25, -0.2) is 8.78 Å². The third kappa shape index (κ3) is 5.88. The van der Waals surface area contributed by atoms with Crippen LogP contribution in [-0.2, 0) is 9.59 Å². The number of carbonyl (C=O) groups is 2. The number of benzene rings is 2. The third-order valence-electron chi connectivity index (χ3n) is 2.92. The van der Waals surface area contributed by atoms with Crippen LogP contribution in [0.2, 0.25) is 5.02 Å². The van der Waals surface area contributed by atoms with Crippen molar-refractivity contribution in [3.8, 4) is 0 Å². The number of halogens is 3. The van der Waals surface area contributed by atoms with Crippen LogP contribution in [0.5, 0.6) is 0 Å². The minimum atomic E-state index is -0.663. The molecule has 0 saturated heterocycles. The van der Waals surface area contributed by atoms with Crippen molar-refractivity contribution in [3.63, 3.8) is 0 Å². The predicted octanol–water partition coefficient (Wildman–Crippen LogP) is 3.57. The lowest BCUT2D eigenvalue weighted by atomic mass is 10.2. The lowest BCUT2D eigenvalue weighted by Crippen LogP contribution is -2.41. The van der Waals surface area contributed by atoms with Crippen LogP contribution in [0.1, 0.15) is 5.56 Å².